The fourth-order valence-electron chi connectivity index (χ4n) is 7.65. The lowest BCUT2D eigenvalue weighted by Crippen LogP contribution is -2.59. The topological polar surface area (TPSA) is 202 Å². The molecule has 4 amide bonds. The van der Waals surface area contributed by atoms with Gasteiger partial charge in [0.2, 0.25) is 11.8 Å². The van der Waals surface area contributed by atoms with Crippen molar-refractivity contribution in [1.29, 1.82) is 0 Å². The number of carbonyl (C=O) groups is 5. The lowest BCUT2D eigenvalue weighted by molar-refractivity contribution is -0.146. The quantitative estimate of drug-likeness (QED) is 0.139. The molecule has 318 valence electrons. The van der Waals surface area contributed by atoms with Gasteiger partial charge in [-0.15, -0.1) is 17.9 Å². The number of carboxylic acid groups (broad SMARTS) is 1. The Labute approximate surface area is 348 Å². The smallest absolute Gasteiger partial charge is 0.413 e. The summed E-state index contributed by atoms with van der Waals surface area (Å²) in [6.07, 6.45) is 3.55. The Morgan fingerprint density at radius 2 is 1.76 bits per heavy atom. The van der Waals surface area contributed by atoms with Crippen molar-refractivity contribution in [3.63, 3.8) is 0 Å². The molecule has 3 fully saturated rings. The summed E-state index contributed by atoms with van der Waals surface area (Å²) in [4.78, 5) is 79.6. The molecule has 0 radical (unpaired) electrons. The van der Waals surface area contributed by atoms with Crippen molar-refractivity contribution in [3.05, 3.63) is 42.3 Å². The number of nitrogens with zero attached hydrogens (tertiary/aromatic N) is 4. The molecule has 5 atom stereocenters. The zero-order chi connectivity index (χ0) is 42.8. The summed E-state index contributed by atoms with van der Waals surface area (Å²) < 4.78 is 17.7. The molecule has 1 unspecified atom stereocenters. The second kappa shape index (κ2) is 17.4. The number of nitrogens with one attached hydrogen (secondary N) is 3. The molecule has 2 aliphatic carbocycles. The number of likely N-dealkylation sites (tertiary alicyclic amines) is 1. The van der Waals surface area contributed by atoms with Crippen LogP contribution in [0.15, 0.2) is 42.3 Å². The van der Waals surface area contributed by atoms with E-state index in [1.54, 1.807) is 25.3 Å². The average molecular weight is 834 g/mol. The van der Waals surface area contributed by atoms with E-state index in [4.69, 9.17) is 19.2 Å². The summed E-state index contributed by atoms with van der Waals surface area (Å²) in [5, 5.41) is 21.0. The normalized spacial score (nSPS) is 22.3. The van der Waals surface area contributed by atoms with Crippen LogP contribution >= 0.6 is 11.3 Å². The van der Waals surface area contributed by atoms with Crippen molar-refractivity contribution >= 4 is 63.0 Å². The van der Waals surface area contributed by atoms with Gasteiger partial charge in [0, 0.05) is 49.0 Å². The third-order valence-electron chi connectivity index (χ3n) is 11.0. The second-order valence-corrected chi connectivity index (χ2v) is 18.0. The predicted octanol–water partition coefficient (Wildman–Crippen LogP) is 6.35. The first-order valence-electron chi connectivity index (χ1n) is 20.1. The Bertz CT molecular complexity index is 2090. The second-order valence-electron chi connectivity index (χ2n) is 17.1. The van der Waals surface area contributed by atoms with Crippen LogP contribution in [0.2, 0.25) is 0 Å². The van der Waals surface area contributed by atoms with Gasteiger partial charge in [0.15, 0.2) is 5.13 Å². The van der Waals surface area contributed by atoms with Crippen LogP contribution in [-0.2, 0) is 23.9 Å². The Morgan fingerprint density at radius 3 is 2.39 bits per heavy atom. The van der Waals surface area contributed by atoms with Crippen molar-refractivity contribution in [3.8, 4) is 17.1 Å². The van der Waals surface area contributed by atoms with E-state index >= 15 is 0 Å². The highest BCUT2D eigenvalue weighted by atomic mass is 32.1. The molecule has 2 saturated carbocycles. The number of anilines is 2. The predicted molar refractivity (Wildman–Crippen MR) is 223 cm³/mol. The Kier molecular flexibility index (Phi) is 12.7. The van der Waals surface area contributed by atoms with Crippen LogP contribution in [0.3, 0.4) is 0 Å². The molecule has 0 spiro atoms. The molecule has 1 aromatic carbocycles. The number of ether oxygens (including phenoxy) is 3. The Balaban J connectivity index is 1.32. The first-order valence-corrected chi connectivity index (χ1v) is 20.9. The van der Waals surface area contributed by atoms with Gasteiger partial charge in [-0.2, -0.15) is 0 Å². The molecule has 3 heterocycles. The van der Waals surface area contributed by atoms with Crippen LogP contribution in [0.4, 0.5) is 20.4 Å². The van der Waals surface area contributed by atoms with Gasteiger partial charge in [-0.25, -0.2) is 24.4 Å². The maximum Gasteiger partial charge on any atom is 0.413 e. The van der Waals surface area contributed by atoms with Crippen molar-refractivity contribution in [2.24, 2.45) is 11.3 Å². The van der Waals surface area contributed by atoms with Crippen LogP contribution in [0.5, 0.6) is 5.75 Å². The fourth-order valence-corrected chi connectivity index (χ4v) is 8.34. The SMILES string of the molecule is C=C[C@@H]1C[C@]1(NC(=O)[C@@H]1CC(Oc2cc(-c3csc(NC(=O)OC(C)C)n3)nc3cc(N(C)C)ccc23)CN1C(=O)[C@@H](NC(=O)OC1CCCCC1)C(C)(C)C)C(=O)O. The number of carbonyl (C=O) groups excluding carboxylic acids is 4. The van der Waals surface area contributed by atoms with Crippen molar-refractivity contribution in [2.45, 2.75) is 115 Å². The van der Waals surface area contributed by atoms with Crippen molar-refractivity contribution in [2.75, 3.05) is 30.9 Å². The average Bonchev–Trinajstić information content (AvgIpc) is 3.44. The first-order chi connectivity index (χ1) is 27.9. The molecule has 3 aromatic rings. The molecule has 16 nitrogen and oxygen atoms in total. The first kappa shape index (κ1) is 43.1. The number of thiazole rings is 1. The maximum absolute atomic E-state index is 14.7. The number of aliphatic carboxylic acids is 1. The van der Waals surface area contributed by atoms with E-state index < -0.39 is 65.0 Å². The zero-order valence-corrected chi connectivity index (χ0v) is 35.5. The van der Waals surface area contributed by atoms with Gasteiger partial charge in [0.25, 0.3) is 0 Å². The van der Waals surface area contributed by atoms with Gasteiger partial charge in [-0.1, -0.05) is 33.3 Å². The summed E-state index contributed by atoms with van der Waals surface area (Å²) in [7, 11) is 3.82. The summed E-state index contributed by atoms with van der Waals surface area (Å²) in [5.41, 5.74) is 0.0512. The van der Waals surface area contributed by atoms with E-state index in [-0.39, 0.29) is 31.6 Å². The number of amides is 4. The summed E-state index contributed by atoms with van der Waals surface area (Å²) in [6.45, 7) is 12.6. The number of rotatable bonds is 13. The van der Waals surface area contributed by atoms with Gasteiger partial charge in [0.1, 0.15) is 41.3 Å². The molecule has 0 bridgehead atoms. The number of hydrogen-bond acceptors (Lipinski definition) is 12. The molecular formula is C42H55N7O9S. The number of benzene rings is 1. The van der Waals surface area contributed by atoms with Crippen LogP contribution in [0.25, 0.3) is 22.3 Å². The molecule has 2 aromatic heterocycles. The minimum Gasteiger partial charge on any atom is -0.488 e. The molecule has 17 heteroatoms. The van der Waals surface area contributed by atoms with E-state index in [9.17, 15) is 29.1 Å². The van der Waals surface area contributed by atoms with Gasteiger partial charge in [-0.3, -0.25) is 14.9 Å². The van der Waals surface area contributed by atoms with Gasteiger partial charge >= 0.3 is 18.2 Å². The number of carboxylic acids is 1. The van der Waals surface area contributed by atoms with Crippen molar-refractivity contribution < 1.29 is 43.3 Å². The number of aromatic nitrogens is 2. The largest absolute Gasteiger partial charge is 0.488 e. The maximum atomic E-state index is 14.7. The summed E-state index contributed by atoms with van der Waals surface area (Å²) >= 11 is 1.20. The Morgan fingerprint density at radius 1 is 1.03 bits per heavy atom. The highest BCUT2D eigenvalue weighted by Gasteiger charge is 2.61. The fraction of sp³-hybridized carbons (Fsp3) is 0.548. The third-order valence-corrected chi connectivity index (χ3v) is 11.7. The van der Waals surface area contributed by atoms with Crippen LogP contribution in [0, 0.1) is 11.3 Å². The van der Waals surface area contributed by atoms with E-state index in [0.717, 1.165) is 37.8 Å². The van der Waals surface area contributed by atoms with Gasteiger partial charge in [0.05, 0.1) is 23.9 Å². The molecule has 59 heavy (non-hydrogen) atoms. The number of alkyl carbamates (subject to hydrolysis) is 1. The zero-order valence-electron chi connectivity index (χ0n) is 34.7. The third kappa shape index (κ3) is 9.89. The molecule has 6 rings (SSSR count). The standard InChI is InChI=1S/C42H55N7O9S/c1-9-24-20-42(24,37(52)53)47-35(50)32-18-27(21-49(32)36(51)34(41(4,5)6)45-39(54)58-26-13-11-10-12-14-26)57-33-19-30(43-29-17-25(48(7)8)15-16-28(29)33)31-22-59-38(44-31)46-40(55)56-23(2)3/h9,15-17,19,22-24,26-27,32,34H,1,10-14,18,20-21H2,2-8H3,(H,45,54)(H,47,50)(H,52,53)(H,44,46,55)/t24-,27?,32+,34-,42-/m1/s1. The van der Waals surface area contributed by atoms with Gasteiger partial charge in [-0.05, 0) is 69.6 Å². The van der Waals surface area contributed by atoms with Crippen LogP contribution < -0.4 is 25.6 Å². The highest BCUT2D eigenvalue weighted by molar-refractivity contribution is 7.14. The van der Waals surface area contributed by atoms with E-state index in [1.807, 2.05) is 58.0 Å². The van der Waals surface area contributed by atoms with Crippen molar-refractivity contribution in [1.82, 2.24) is 25.5 Å². The molecule has 1 saturated heterocycles. The van der Waals surface area contributed by atoms with Crippen LogP contribution in [0.1, 0.15) is 79.6 Å². The number of fused-ring (bicyclic) bond motifs is 1. The monoisotopic (exact) mass is 833 g/mol. The van der Waals surface area contributed by atoms with E-state index in [0.29, 0.717) is 33.2 Å². The summed E-state index contributed by atoms with van der Waals surface area (Å²) in [5.74, 6) is -2.43. The van der Waals surface area contributed by atoms with Crippen LogP contribution in [-0.4, -0.2) is 107 Å². The molecular weight excluding hydrogens is 779 g/mol. The lowest BCUT2D eigenvalue weighted by atomic mass is 9.85. The van der Waals surface area contributed by atoms with E-state index in [2.05, 4.69) is 27.5 Å². The Hall–Kier alpha value is -5.45. The summed E-state index contributed by atoms with van der Waals surface area (Å²) in [6, 6.07) is 5.20. The molecule has 4 N–H and O–H groups in total. The number of pyridine rings is 1. The van der Waals surface area contributed by atoms with Gasteiger partial charge < -0.3 is 39.8 Å². The minimum absolute atomic E-state index is 0.0209. The molecule has 3 aliphatic rings. The molecule has 1 aliphatic heterocycles. The minimum atomic E-state index is -1.54. The lowest BCUT2D eigenvalue weighted by Gasteiger charge is -2.35. The van der Waals surface area contributed by atoms with E-state index in [1.165, 1.54) is 22.3 Å². The number of hydrogen-bond donors (Lipinski definition) is 4. The highest BCUT2D eigenvalue weighted by Crippen LogP contribution is 2.45.